The number of benzene rings is 8. The van der Waals surface area contributed by atoms with Gasteiger partial charge in [-0.25, -0.2) is 0 Å². The molecule has 0 spiro atoms. The van der Waals surface area contributed by atoms with Gasteiger partial charge in [-0.2, -0.15) is 0 Å². The molecule has 0 atom stereocenters. The standard InChI is InChI=1S/C44H28O/c1-3-12-29(13-4-1)30-22-24-31(25-23-30)34-20-11-21-39-40-28-33(26-27-41(40)45-44(34)39)43-37-18-9-7-16-35(37)42(32-14-5-2-6-15-32)36-17-8-10-19-38(36)43/h1-28H/i1D,3D,4D,7D,9D,11D,12D,13D,16D,18D,20D,21D. The third-order valence-corrected chi connectivity index (χ3v) is 8.26. The second-order valence-electron chi connectivity index (χ2n) is 10.8. The minimum Gasteiger partial charge on any atom is -0.455 e. The van der Waals surface area contributed by atoms with Crippen molar-refractivity contribution in [2.24, 2.45) is 0 Å². The van der Waals surface area contributed by atoms with Crippen LogP contribution in [-0.4, -0.2) is 0 Å². The summed E-state index contributed by atoms with van der Waals surface area (Å²) in [4.78, 5) is 0. The number of hydrogen-bond acceptors (Lipinski definition) is 1. The molecule has 0 aliphatic carbocycles. The van der Waals surface area contributed by atoms with E-state index in [2.05, 4.69) is 0 Å². The molecule has 0 saturated heterocycles. The largest absolute Gasteiger partial charge is 0.455 e. The molecule has 9 rings (SSSR count). The first kappa shape index (κ1) is 16.2. The molecule has 45 heavy (non-hydrogen) atoms. The van der Waals surface area contributed by atoms with Gasteiger partial charge in [0.15, 0.2) is 0 Å². The Hall–Kier alpha value is -5.92. The molecule has 210 valence electrons. The maximum absolute atomic E-state index is 9.21. The normalized spacial score (nSPS) is 15.3. The highest BCUT2D eigenvalue weighted by Gasteiger charge is 2.18. The summed E-state index contributed by atoms with van der Waals surface area (Å²) in [6, 6.07) is 24.9. The molecule has 0 fully saturated rings. The molecule has 0 saturated carbocycles. The summed E-state index contributed by atoms with van der Waals surface area (Å²) in [6.45, 7) is 0. The second-order valence-corrected chi connectivity index (χ2v) is 10.8. The van der Waals surface area contributed by atoms with Crippen molar-refractivity contribution in [1.82, 2.24) is 0 Å². The number of hydrogen-bond donors (Lipinski definition) is 0. The molecular formula is C44H28O. The Kier molecular flexibility index (Phi) is 3.74. The molecule has 1 aromatic heterocycles. The van der Waals surface area contributed by atoms with Crippen LogP contribution in [-0.2, 0) is 0 Å². The Bertz CT molecular complexity index is 3160. The molecule has 0 N–H and O–H groups in total. The Morgan fingerprint density at radius 2 is 0.978 bits per heavy atom. The van der Waals surface area contributed by atoms with Crippen molar-refractivity contribution < 1.29 is 20.9 Å². The second kappa shape index (κ2) is 10.4. The van der Waals surface area contributed by atoms with E-state index >= 15 is 0 Å². The SMILES string of the molecule is [2H]c1c([2H])c([2H])c(-c2ccc(-c3c([2H])c([2H])c([2H])c4c3oc3ccc(-c5c6ccccc6c(-c6ccccc6)c6c([2H])c([2H])c([2H])c([2H])c56)cc34)cc2)c([2H])c1[2H]. The fraction of sp³-hybridized carbons (Fsp3) is 0. The molecule has 8 aromatic carbocycles. The van der Waals surface area contributed by atoms with Gasteiger partial charge < -0.3 is 4.42 Å². The molecule has 1 heterocycles. The van der Waals surface area contributed by atoms with E-state index in [9.17, 15) is 1.37 Å². The van der Waals surface area contributed by atoms with Gasteiger partial charge in [-0.3, -0.25) is 0 Å². The zero-order chi connectivity index (χ0) is 40.2. The molecular weight excluding hydrogens is 544 g/mol. The van der Waals surface area contributed by atoms with Crippen molar-refractivity contribution in [3.8, 4) is 44.5 Å². The Morgan fingerprint density at radius 1 is 0.378 bits per heavy atom. The molecule has 0 aliphatic heterocycles. The van der Waals surface area contributed by atoms with Gasteiger partial charge in [0, 0.05) is 16.3 Å². The first-order valence-electron chi connectivity index (χ1n) is 20.5. The number of para-hydroxylation sites is 1. The summed E-state index contributed by atoms with van der Waals surface area (Å²) in [5, 5.41) is 3.02. The van der Waals surface area contributed by atoms with Crippen molar-refractivity contribution in [2.75, 3.05) is 0 Å². The molecule has 0 amide bonds. The van der Waals surface area contributed by atoms with E-state index < -0.39 is 18.1 Å². The number of furan rings is 1. The summed E-state index contributed by atoms with van der Waals surface area (Å²) < 4.78 is 110. The van der Waals surface area contributed by atoms with Crippen molar-refractivity contribution in [3.63, 3.8) is 0 Å². The van der Waals surface area contributed by atoms with Gasteiger partial charge in [-0.1, -0.05) is 157 Å². The van der Waals surface area contributed by atoms with Crippen molar-refractivity contribution in [3.05, 3.63) is 170 Å². The van der Waals surface area contributed by atoms with E-state index in [0.717, 1.165) is 16.3 Å². The van der Waals surface area contributed by atoms with Gasteiger partial charge >= 0.3 is 0 Å². The minimum absolute atomic E-state index is 0.0319. The van der Waals surface area contributed by atoms with Crippen molar-refractivity contribution >= 4 is 43.5 Å². The van der Waals surface area contributed by atoms with Gasteiger partial charge in [0.2, 0.25) is 0 Å². The van der Waals surface area contributed by atoms with Crippen LogP contribution in [0.15, 0.2) is 174 Å². The highest BCUT2D eigenvalue weighted by Crippen LogP contribution is 2.45. The van der Waals surface area contributed by atoms with E-state index in [-0.39, 0.29) is 76.5 Å². The van der Waals surface area contributed by atoms with E-state index in [1.165, 1.54) is 0 Å². The lowest BCUT2D eigenvalue weighted by atomic mass is 9.86. The fourth-order valence-corrected chi connectivity index (χ4v) is 6.25. The quantitative estimate of drug-likeness (QED) is 0.188. The maximum Gasteiger partial charge on any atom is 0.143 e. The van der Waals surface area contributed by atoms with Crippen LogP contribution in [0.3, 0.4) is 0 Å². The Balaban J connectivity index is 1.31. The van der Waals surface area contributed by atoms with Gasteiger partial charge in [0.1, 0.15) is 11.2 Å². The third-order valence-electron chi connectivity index (χ3n) is 8.26. The smallest absolute Gasteiger partial charge is 0.143 e. The van der Waals surface area contributed by atoms with Crippen LogP contribution in [0.1, 0.15) is 16.4 Å². The number of fused-ring (bicyclic) bond motifs is 5. The van der Waals surface area contributed by atoms with Crippen LogP contribution in [0.25, 0.3) is 88.0 Å². The third kappa shape index (κ3) is 4.17. The monoisotopic (exact) mass is 584 g/mol. The fourth-order valence-electron chi connectivity index (χ4n) is 6.25. The highest BCUT2D eigenvalue weighted by molar-refractivity contribution is 6.22. The van der Waals surface area contributed by atoms with Crippen LogP contribution < -0.4 is 0 Å². The Morgan fingerprint density at radius 3 is 1.71 bits per heavy atom. The first-order chi connectivity index (χ1) is 27.3. The molecule has 0 aliphatic rings. The summed E-state index contributed by atoms with van der Waals surface area (Å²) in [6.07, 6.45) is 0. The van der Waals surface area contributed by atoms with E-state index in [4.69, 9.17) is 19.5 Å². The van der Waals surface area contributed by atoms with Crippen LogP contribution in [0.5, 0.6) is 0 Å². The van der Waals surface area contributed by atoms with Gasteiger partial charge in [0.05, 0.1) is 16.4 Å². The summed E-state index contributed by atoms with van der Waals surface area (Å²) >= 11 is 0. The summed E-state index contributed by atoms with van der Waals surface area (Å²) in [7, 11) is 0. The van der Waals surface area contributed by atoms with Crippen LogP contribution in [0.4, 0.5) is 0 Å². The molecule has 0 radical (unpaired) electrons. The molecule has 1 nitrogen and oxygen atoms in total. The molecule has 9 aromatic rings. The number of rotatable bonds is 4. The van der Waals surface area contributed by atoms with E-state index in [0.29, 0.717) is 49.6 Å². The minimum atomic E-state index is -0.493. The zero-order valence-corrected chi connectivity index (χ0v) is 23.6. The zero-order valence-electron chi connectivity index (χ0n) is 35.6. The predicted octanol–water partition coefficient (Wildman–Crippen LogP) is 12.6. The lowest BCUT2D eigenvalue weighted by Crippen LogP contribution is -1.90. The van der Waals surface area contributed by atoms with Gasteiger partial charge in [0.25, 0.3) is 0 Å². The van der Waals surface area contributed by atoms with Crippen molar-refractivity contribution in [1.29, 1.82) is 0 Å². The van der Waals surface area contributed by atoms with E-state index in [1.54, 1.807) is 42.5 Å². The molecule has 0 unspecified atom stereocenters. The molecule has 0 bridgehead atoms. The highest BCUT2D eigenvalue weighted by atomic mass is 16.3. The topological polar surface area (TPSA) is 13.1 Å². The molecule has 1 heteroatoms. The lowest BCUT2D eigenvalue weighted by molar-refractivity contribution is 0.670. The van der Waals surface area contributed by atoms with Crippen molar-refractivity contribution in [2.45, 2.75) is 0 Å². The summed E-state index contributed by atoms with van der Waals surface area (Å²) in [5.41, 5.74) is 4.32. The van der Waals surface area contributed by atoms with Crippen LogP contribution in [0, 0.1) is 0 Å². The van der Waals surface area contributed by atoms with Gasteiger partial charge in [-0.05, 0) is 72.6 Å². The average molecular weight is 585 g/mol. The first-order valence-corrected chi connectivity index (χ1v) is 14.5. The van der Waals surface area contributed by atoms with Crippen LogP contribution >= 0.6 is 0 Å². The average Bonchev–Trinajstić information content (AvgIpc) is 3.61. The van der Waals surface area contributed by atoms with Crippen LogP contribution in [0.2, 0.25) is 0 Å². The predicted molar refractivity (Wildman–Crippen MR) is 190 cm³/mol. The van der Waals surface area contributed by atoms with Gasteiger partial charge in [-0.15, -0.1) is 0 Å². The summed E-state index contributed by atoms with van der Waals surface area (Å²) in [5.74, 6) is 0. The maximum atomic E-state index is 9.21. The Labute approximate surface area is 278 Å². The lowest BCUT2D eigenvalue weighted by Gasteiger charge is -2.17. The van der Waals surface area contributed by atoms with E-state index in [1.807, 2.05) is 54.6 Å².